The van der Waals surface area contributed by atoms with Gasteiger partial charge in [0.05, 0.1) is 0 Å². The SMILES string of the molecule is c1csc(-c2c3cc4ccccc4cc3c(-c3cccs3)c3cc4ccccc4cc23)c1. The predicted octanol–water partition coefficient (Wildman–Crippen LogP) is 9.76. The highest BCUT2D eigenvalue weighted by Crippen LogP contribution is 2.47. The highest BCUT2D eigenvalue weighted by Gasteiger charge is 2.19. The molecule has 0 bridgehead atoms. The number of fused-ring (bicyclic) bond motifs is 4. The zero-order chi connectivity index (χ0) is 21.1. The minimum absolute atomic E-state index is 1.29. The first-order valence-corrected chi connectivity index (χ1v) is 12.5. The van der Waals surface area contributed by atoms with Crippen molar-refractivity contribution in [3.63, 3.8) is 0 Å². The third-order valence-corrected chi connectivity index (χ3v) is 8.16. The maximum Gasteiger partial charge on any atom is 0.0355 e. The Balaban J connectivity index is 1.80. The molecule has 0 N–H and O–H groups in total. The van der Waals surface area contributed by atoms with Crippen LogP contribution in [0.25, 0.3) is 64.0 Å². The van der Waals surface area contributed by atoms with Gasteiger partial charge in [0.1, 0.15) is 0 Å². The van der Waals surface area contributed by atoms with Gasteiger partial charge in [-0.05, 0) is 90.2 Å². The van der Waals surface area contributed by atoms with E-state index < -0.39 is 0 Å². The molecule has 2 aromatic heterocycles. The normalized spacial score (nSPS) is 11.8. The van der Waals surface area contributed by atoms with Crippen LogP contribution < -0.4 is 0 Å². The van der Waals surface area contributed by atoms with Crippen LogP contribution in [0.5, 0.6) is 0 Å². The van der Waals surface area contributed by atoms with Crippen molar-refractivity contribution in [1.29, 1.82) is 0 Å². The second kappa shape index (κ2) is 7.03. The first-order chi connectivity index (χ1) is 15.9. The van der Waals surface area contributed by atoms with Crippen LogP contribution in [0.15, 0.2) is 108 Å². The van der Waals surface area contributed by atoms with Crippen LogP contribution in [0.1, 0.15) is 0 Å². The fraction of sp³-hybridized carbons (Fsp3) is 0. The van der Waals surface area contributed by atoms with Crippen molar-refractivity contribution >= 4 is 65.8 Å². The van der Waals surface area contributed by atoms with E-state index in [1.165, 1.54) is 64.0 Å². The Morgan fingerprint density at radius 1 is 0.375 bits per heavy atom. The second-order valence-corrected chi connectivity index (χ2v) is 10.1. The molecule has 2 heteroatoms. The summed E-state index contributed by atoms with van der Waals surface area (Å²) in [5.41, 5.74) is 2.70. The molecule has 0 atom stereocenters. The molecule has 0 aliphatic rings. The first kappa shape index (κ1) is 18.1. The van der Waals surface area contributed by atoms with Crippen LogP contribution in [0, 0.1) is 0 Å². The summed E-state index contributed by atoms with van der Waals surface area (Å²) in [7, 11) is 0. The molecule has 0 fully saturated rings. The van der Waals surface area contributed by atoms with Gasteiger partial charge in [-0.3, -0.25) is 0 Å². The maximum atomic E-state index is 2.39. The second-order valence-electron chi connectivity index (χ2n) is 8.19. The molecular weight excluding hydrogens is 424 g/mol. The molecule has 7 rings (SSSR count). The number of thiophene rings is 2. The van der Waals surface area contributed by atoms with Crippen molar-refractivity contribution < 1.29 is 0 Å². The summed E-state index contributed by atoms with van der Waals surface area (Å²) in [5.74, 6) is 0. The summed E-state index contributed by atoms with van der Waals surface area (Å²) < 4.78 is 0. The van der Waals surface area contributed by atoms with Crippen LogP contribution in [-0.2, 0) is 0 Å². The fourth-order valence-corrected chi connectivity index (χ4v) is 6.57. The molecule has 0 aliphatic carbocycles. The molecule has 0 radical (unpaired) electrons. The Labute approximate surface area is 194 Å². The Morgan fingerprint density at radius 2 is 0.719 bits per heavy atom. The number of rotatable bonds is 2. The molecule has 0 aliphatic heterocycles. The average molecular weight is 443 g/mol. The van der Waals surface area contributed by atoms with Crippen molar-refractivity contribution in [1.82, 2.24) is 0 Å². The van der Waals surface area contributed by atoms with Crippen LogP contribution in [-0.4, -0.2) is 0 Å². The van der Waals surface area contributed by atoms with Crippen LogP contribution in [0.4, 0.5) is 0 Å². The van der Waals surface area contributed by atoms with E-state index in [9.17, 15) is 0 Å². The Hall–Kier alpha value is -3.46. The minimum Gasteiger partial charge on any atom is -0.144 e. The lowest BCUT2D eigenvalue weighted by molar-refractivity contribution is 1.76. The number of benzene rings is 5. The predicted molar refractivity (Wildman–Crippen MR) is 143 cm³/mol. The van der Waals surface area contributed by atoms with E-state index in [4.69, 9.17) is 0 Å². The summed E-state index contributed by atoms with van der Waals surface area (Å²) in [6.07, 6.45) is 0. The van der Waals surface area contributed by atoms with Gasteiger partial charge in [0, 0.05) is 20.9 Å². The van der Waals surface area contributed by atoms with Crippen molar-refractivity contribution in [2.45, 2.75) is 0 Å². The van der Waals surface area contributed by atoms with E-state index in [2.05, 4.69) is 108 Å². The molecule has 0 saturated heterocycles. The van der Waals surface area contributed by atoms with Crippen LogP contribution in [0.2, 0.25) is 0 Å². The first-order valence-electron chi connectivity index (χ1n) is 10.8. The topological polar surface area (TPSA) is 0 Å². The molecule has 150 valence electrons. The highest BCUT2D eigenvalue weighted by atomic mass is 32.1. The third kappa shape index (κ3) is 2.67. The standard InChI is InChI=1S/C30H18S2/c1-2-8-20-16-24-23(15-19(20)7-1)29(27-11-5-13-31-27)25-17-21-9-3-4-10-22(21)18-26(25)30(24)28-12-6-14-32-28/h1-18H. The maximum absolute atomic E-state index is 2.39. The van der Waals surface area contributed by atoms with Crippen LogP contribution in [0.3, 0.4) is 0 Å². The summed E-state index contributed by atoms with van der Waals surface area (Å²) in [6, 6.07) is 35.8. The zero-order valence-corrected chi connectivity index (χ0v) is 18.8. The van der Waals surface area contributed by atoms with Gasteiger partial charge in [-0.25, -0.2) is 0 Å². The van der Waals surface area contributed by atoms with Gasteiger partial charge in [0.15, 0.2) is 0 Å². The third-order valence-electron chi connectivity index (χ3n) is 6.38. The molecule has 0 saturated carbocycles. The lowest BCUT2D eigenvalue weighted by atomic mass is 9.87. The van der Waals surface area contributed by atoms with E-state index in [0.29, 0.717) is 0 Å². The molecule has 7 aromatic rings. The van der Waals surface area contributed by atoms with Gasteiger partial charge in [0.2, 0.25) is 0 Å². The van der Waals surface area contributed by atoms with Crippen molar-refractivity contribution in [2.24, 2.45) is 0 Å². The Kier molecular flexibility index (Phi) is 3.98. The van der Waals surface area contributed by atoms with Crippen molar-refractivity contribution in [3.8, 4) is 20.9 Å². The van der Waals surface area contributed by atoms with E-state index in [0.717, 1.165) is 0 Å². The molecule has 5 aromatic carbocycles. The van der Waals surface area contributed by atoms with Gasteiger partial charge >= 0.3 is 0 Å². The lowest BCUT2D eigenvalue weighted by Crippen LogP contribution is -1.90. The number of hydrogen-bond donors (Lipinski definition) is 0. The largest absolute Gasteiger partial charge is 0.144 e. The monoisotopic (exact) mass is 442 g/mol. The summed E-state index contributed by atoms with van der Waals surface area (Å²) in [4.78, 5) is 2.64. The zero-order valence-electron chi connectivity index (χ0n) is 17.2. The van der Waals surface area contributed by atoms with E-state index >= 15 is 0 Å². The minimum atomic E-state index is 1.29. The molecule has 0 unspecified atom stereocenters. The summed E-state index contributed by atoms with van der Waals surface area (Å²) >= 11 is 3.64. The van der Waals surface area contributed by atoms with E-state index in [1.807, 2.05) is 22.7 Å². The van der Waals surface area contributed by atoms with Gasteiger partial charge in [-0.1, -0.05) is 60.7 Å². The fourth-order valence-electron chi connectivity index (χ4n) is 4.97. The van der Waals surface area contributed by atoms with E-state index in [-0.39, 0.29) is 0 Å². The van der Waals surface area contributed by atoms with Gasteiger partial charge in [-0.15, -0.1) is 22.7 Å². The van der Waals surface area contributed by atoms with Crippen molar-refractivity contribution in [2.75, 3.05) is 0 Å². The molecular formula is C30H18S2. The van der Waals surface area contributed by atoms with Gasteiger partial charge in [-0.2, -0.15) is 0 Å². The molecule has 0 amide bonds. The Bertz CT molecular complexity index is 1530. The van der Waals surface area contributed by atoms with Gasteiger partial charge < -0.3 is 0 Å². The summed E-state index contributed by atoms with van der Waals surface area (Å²) in [6.45, 7) is 0. The number of hydrogen-bond acceptors (Lipinski definition) is 2. The smallest absolute Gasteiger partial charge is 0.0355 e. The Morgan fingerprint density at radius 3 is 1.00 bits per heavy atom. The van der Waals surface area contributed by atoms with Gasteiger partial charge in [0.25, 0.3) is 0 Å². The lowest BCUT2D eigenvalue weighted by Gasteiger charge is -2.18. The van der Waals surface area contributed by atoms with E-state index in [1.54, 1.807) is 0 Å². The average Bonchev–Trinajstić information content (AvgIpc) is 3.55. The van der Waals surface area contributed by atoms with Crippen LogP contribution >= 0.6 is 22.7 Å². The molecule has 0 nitrogen and oxygen atoms in total. The molecule has 2 heterocycles. The van der Waals surface area contributed by atoms with Crippen molar-refractivity contribution in [3.05, 3.63) is 108 Å². The molecule has 0 spiro atoms. The highest BCUT2D eigenvalue weighted by molar-refractivity contribution is 7.14. The quantitative estimate of drug-likeness (QED) is 0.234. The summed E-state index contributed by atoms with van der Waals surface area (Å²) in [5, 5.41) is 14.8. The molecule has 32 heavy (non-hydrogen) atoms.